The number of nitrogens with two attached hydrogens (primary N) is 1. The molecule has 0 aromatic carbocycles. The highest BCUT2D eigenvalue weighted by Gasteiger charge is 2.32. The Labute approximate surface area is 80.5 Å². The van der Waals surface area contributed by atoms with Crippen molar-refractivity contribution in [2.45, 2.75) is 45.6 Å². The quantitative estimate of drug-likeness (QED) is 0.685. The first-order valence-electron chi connectivity index (χ1n) is 4.99. The second-order valence-electron chi connectivity index (χ2n) is 4.26. The van der Waals surface area contributed by atoms with Crippen molar-refractivity contribution < 1.29 is 0 Å². The molecular formula is C10H21NS. The van der Waals surface area contributed by atoms with Gasteiger partial charge >= 0.3 is 0 Å². The zero-order valence-corrected chi connectivity index (χ0v) is 9.12. The molecule has 2 unspecified atom stereocenters. The summed E-state index contributed by atoms with van der Waals surface area (Å²) in [5.74, 6) is 2.57. The summed E-state index contributed by atoms with van der Waals surface area (Å²) in [6.07, 6.45) is 5.20. The van der Waals surface area contributed by atoms with Crippen LogP contribution in [0, 0.1) is 5.41 Å². The fourth-order valence-corrected chi connectivity index (χ4v) is 2.99. The number of hydrogen-bond donors (Lipinski definition) is 1. The van der Waals surface area contributed by atoms with E-state index in [0.29, 0.717) is 11.5 Å². The van der Waals surface area contributed by atoms with Gasteiger partial charge in [0.2, 0.25) is 0 Å². The Morgan fingerprint density at radius 1 is 1.58 bits per heavy atom. The van der Waals surface area contributed by atoms with Crippen molar-refractivity contribution in [3.05, 3.63) is 0 Å². The number of hydrogen-bond acceptors (Lipinski definition) is 2. The van der Waals surface area contributed by atoms with E-state index in [1.165, 1.54) is 37.2 Å². The highest BCUT2D eigenvalue weighted by Crippen LogP contribution is 2.40. The zero-order valence-electron chi connectivity index (χ0n) is 8.31. The number of rotatable bonds is 4. The van der Waals surface area contributed by atoms with Crippen molar-refractivity contribution in [2.75, 3.05) is 11.5 Å². The molecule has 72 valence electrons. The lowest BCUT2D eigenvalue weighted by Gasteiger charge is -2.23. The van der Waals surface area contributed by atoms with E-state index >= 15 is 0 Å². The highest BCUT2D eigenvalue weighted by atomic mass is 32.2. The van der Waals surface area contributed by atoms with Crippen LogP contribution in [0.1, 0.15) is 39.5 Å². The summed E-state index contributed by atoms with van der Waals surface area (Å²) < 4.78 is 0. The molecule has 2 N–H and O–H groups in total. The summed E-state index contributed by atoms with van der Waals surface area (Å²) in [6.45, 7) is 4.63. The smallest absolute Gasteiger partial charge is 0.00442 e. The lowest BCUT2D eigenvalue weighted by molar-refractivity contribution is 0.322. The predicted molar refractivity (Wildman–Crippen MR) is 57.5 cm³/mol. The zero-order chi connectivity index (χ0) is 9.03. The van der Waals surface area contributed by atoms with Crippen molar-refractivity contribution in [1.82, 2.24) is 0 Å². The molecule has 1 saturated carbocycles. The van der Waals surface area contributed by atoms with Gasteiger partial charge in [-0.1, -0.05) is 13.8 Å². The van der Waals surface area contributed by atoms with Crippen molar-refractivity contribution in [2.24, 2.45) is 11.1 Å². The first kappa shape index (κ1) is 10.4. The van der Waals surface area contributed by atoms with E-state index in [-0.39, 0.29) is 0 Å². The van der Waals surface area contributed by atoms with Gasteiger partial charge in [0.15, 0.2) is 0 Å². The molecule has 12 heavy (non-hydrogen) atoms. The fraction of sp³-hybridized carbons (Fsp3) is 1.00. The molecule has 0 amide bonds. The first-order valence-corrected chi connectivity index (χ1v) is 6.15. The van der Waals surface area contributed by atoms with Crippen molar-refractivity contribution in [3.63, 3.8) is 0 Å². The van der Waals surface area contributed by atoms with Crippen LogP contribution in [-0.2, 0) is 0 Å². The second kappa shape index (κ2) is 4.52. The van der Waals surface area contributed by atoms with Crippen molar-refractivity contribution in [3.8, 4) is 0 Å². The van der Waals surface area contributed by atoms with E-state index in [2.05, 4.69) is 25.6 Å². The molecule has 1 rings (SSSR count). The van der Waals surface area contributed by atoms with Crippen LogP contribution in [0.3, 0.4) is 0 Å². The molecule has 0 saturated heterocycles. The van der Waals surface area contributed by atoms with E-state index in [1.807, 2.05) is 0 Å². The van der Waals surface area contributed by atoms with Gasteiger partial charge in [-0.2, -0.15) is 11.8 Å². The third-order valence-electron chi connectivity index (χ3n) is 2.93. The average molecular weight is 187 g/mol. The maximum Gasteiger partial charge on any atom is 0.00442 e. The molecule has 1 aliphatic rings. The van der Waals surface area contributed by atoms with E-state index < -0.39 is 0 Å². The maximum absolute atomic E-state index is 5.91. The molecule has 0 spiro atoms. The topological polar surface area (TPSA) is 26.0 Å². The minimum Gasteiger partial charge on any atom is -0.328 e. The Bertz CT molecular complexity index is 138. The van der Waals surface area contributed by atoms with Crippen LogP contribution in [-0.4, -0.2) is 17.5 Å². The standard InChI is InChI=1S/C10H21NS/c1-3-12-7-6-10(2)5-4-9(11)8-10/h9H,3-8,11H2,1-2H3. The fourth-order valence-electron chi connectivity index (χ4n) is 2.06. The normalized spacial score (nSPS) is 35.8. The summed E-state index contributed by atoms with van der Waals surface area (Å²) >= 11 is 2.05. The van der Waals surface area contributed by atoms with E-state index in [1.54, 1.807) is 0 Å². The van der Waals surface area contributed by atoms with Crippen LogP contribution in [0.5, 0.6) is 0 Å². The van der Waals surface area contributed by atoms with E-state index in [0.717, 1.165) is 0 Å². The Kier molecular flexibility index (Phi) is 3.91. The van der Waals surface area contributed by atoms with Crippen LogP contribution in [0.4, 0.5) is 0 Å². The van der Waals surface area contributed by atoms with Gasteiger partial charge in [0.25, 0.3) is 0 Å². The minimum atomic E-state index is 0.488. The molecule has 0 aromatic rings. The molecule has 2 heteroatoms. The van der Waals surface area contributed by atoms with Gasteiger partial charge in [-0.15, -0.1) is 0 Å². The van der Waals surface area contributed by atoms with Gasteiger partial charge in [0.05, 0.1) is 0 Å². The van der Waals surface area contributed by atoms with Gasteiger partial charge in [-0.25, -0.2) is 0 Å². The van der Waals surface area contributed by atoms with Crippen LogP contribution < -0.4 is 5.73 Å². The first-order chi connectivity index (χ1) is 5.66. The molecule has 0 bridgehead atoms. The Hall–Kier alpha value is 0.310. The molecule has 1 aliphatic carbocycles. The third kappa shape index (κ3) is 2.98. The van der Waals surface area contributed by atoms with E-state index in [4.69, 9.17) is 5.73 Å². The van der Waals surface area contributed by atoms with Crippen LogP contribution in [0.2, 0.25) is 0 Å². The molecular weight excluding hydrogens is 166 g/mol. The van der Waals surface area contributed by atoms with Crippen LogP contribution in [0.15, 0.2) is 0 Å². The van der Waals surface area contributed by atoms with Crippen molar-refractivity contribution in [1.29, 1.82) is 0 Å². The van der Waals surface area contributed by atoms with Crippen molar-refractivity contribution >= 4 is 11.8 Å². The summed E-state index contributed by atoms with van der Waals surface area (Å²) in [5, 5.41) is 0. The Balaban J connectivity index is 2.21. The maximum atomic E-state index is 5.91. The lowest BCUT2D eigenvalue weighted by Crippen LogP contribution is -2.19. The summed E-state index contributed by atoms with van der Waals surface area (Å²) in [4.78, 5) is 0. The van der Waals surface area contributed by atoms with E-state index in [9.17, 15) is 0 Å². The Morgan fingerprint density at radius 3 is 2.83 bits per heavy atom. The van der Waals surface area contributed by atoms with Gasteiger partial charge in [-0.3, -0.25) is 0 Å². The molecule has 0 radical (unpaired) electrons. The molecule has 1 nitrogen and oxygen atoms in total. The van der Waals surface area contributed by atoms with Gasteiger partial charge in [-0.05, 0) is 42.6 Å². The SMILES string of the molecule is CCSCCC1(C)CCC(N)C1. The van der Waals surface area contributed by atoms with Gasteiger partial charge in [0, 0.05) is 6.04 Å². The van der Waals surface area contributed by atoms with Crippen LogP contribution >= 0.6 is 11.8 Å². The molecule has 2 atom stereocenters. The highest BCUT2D eigenvalue weighted by molar-refractivity contribution is 7.99. The molecule has 0 aromatic heterocycles. The third-order valence-corrected chi connectivity index (χ3v) is 3.83. The summed E-state index contributed by atoms with van der Waals surface area (Å²) in [7, 11) is 0. The summed E-state index contributed by atoms with van der Waals surface area (Å²) in [5.41, 5.74) is 6.48. The minimum absolute atomic E-state index is 0.488. The molecule has 0 aliphatic heterocycles. The monoisotopic (exact) mass is 187 g/mol. The summed E-state index contributed by atoms with van der Waals surface area (Å²) in [6, 6.07) is 0.488. The van der Waals surface area contributed by atoms with Gasteiger partial charge in [0.1, 0.15) is 0 Å². The Morgan fingerprint density at radius 2 is 2.33 bits per heavy atom. The molecule has 1 fully saturated rings. The lowest BCUT2D eigenvalue weighted by atomic mass is 9.86. The second-order valence-corrected chi connectivity index (χ2v) is 5.65. The number of thioether (sulfide) groups is 1. The van der Waals surface area contributed by atoms with Crippen LogP contribution in [0.25, 0.3) is 0 Å². The van der Waals surface area contributed by atoms with Gasteiger partial charge < -0.3 is 5.73 Å². The largest absolute Gasteiger partial charge is 0.328 e. The average Bonchev–Trinajstić information content (AvgIpc) is 2.32. The predicted octanol–water partition coefficient (Wildman–Crippen LogP) is 2.65. The molecule has 0 heterocycles.